The summed E-state index contributed by atoms with van der Waals surface area (Å²) in [4.78, 5) is 2.28. The Hall–Kier alpha value is -6.50. The summed E-state index contributed by atoms with van der Waals surface area (Å²) in [5.74, 6) is 0. The molecule has 0 aliphatic rings. The van der Waals surface area contributed by atoms with Gasteiger partial charge in [0.1, 0.15) is 0 Å². The predicted octanol–water partition coefficient (Wildman–Crippen LogP) is 11.3. The fourth-order valence-electron chi connectivity index (χ4n) is 8.52. The molecule has 0 fully saturated rings. The second kappa shape index (κ2) is 14.2. The first-order chi connectivity index (χ1) is 28.0. The van der Waals surface area contributed by atoms with Crippen molar-refractivity contribution in [3.8, 4) is 0 Å². The highest BCUT2D eigenvalue weighted by molar-refractivity contribution is 7.87. The Bertz CT molecular complexity index is 2810. The largest absolute Gasteiger partial charge is 0.310 e. The van der Waals surface area contributed by atoms with Gasteiger partial charge in [-0.1, -0.05) is 182 Å². The van der Waals surface area contributed by atoms with Crippen LogP contribution in [0.4, 0.5) is 17.1 Å². The molecule has 57 heavy (non-hydrogen) atoms. The van der Waals surface area contributed by atoms with E-state index < -0.39 is 14.3 Å². The van der Waals surface area contributed by atoms with Crippen molar-refractivity contribution in [1.29, 1.82) is 0 Å². The number of para-hydroxylation sites is 2. The van der Waals surface area contributed by atoms with Crippen LogP contribution >= 0.6 is 14.3 Å². The molecule has 0 atom stereocenters. The van der Waals surface area contributed by atoms with E-state index in [1.807, 2.05) is 140 Å². The number of hydrogen-bond acceptors (Lipinski definition) is 3. The standard InChI is InChI=1S/C52H37NO2P2/c54-56(43-23-11-3-12-24-43,44-25-13-4-14-26-44)49-37-50(57(55,45-27-15-5-16-28-45)46-29-17-6-18-30-46)48-34-32-39-36-42(35-38-31-33-47(49)52(48)51(38)39)53(40-19-7-1-8-20-40)41-21-9-2-10-22-41/h1-37H. The van der Waals surface area contributed by atoms with Gasteiger partial charge in [0.25, 0.3) is 0 Å². The molecule has 0 bridgehead atoms. The van der Waals surface area contributed by atoms with E-state index >= 15 is 9.13 Å². The van der Waals surface area contributed by atoms with Crippen LogP contribution in [0.15, 0.2) is 224 Å². The van der Waals surface area contributed by atoms with Gasteiger partial charge in [-0.2, -0.15) is 0 Å². The van der Waals surface area contributed by atoms with E-state index in [9.17, 15) is 0 Å². The summed E-state index contributed by atoms with van der Waals surface area (Å²) in [5.41, 5.74) is 3.14. The molecule has 0 unspecified atom stereocenters. The maximum Gasteiger partial charge on any atom is 0.171 e. The van der Waals surface area contributed by atoms with Crippen molar-refractivity contribution in [3.63, 3.8) is 0 Å². The zero-order valence-corrected chi connectivity index (χ0v) is 32.8. The molecule has 5 heteroatoms. The second-order valence-corrected chi connectivity index (χ2v) is 19.8. The third-order valence-corrected chi connectivity index (χ3v) is 17.3. The Kier molecular flexibility index (Phi) is 8.72. The highest BCUT2D eigenvalue weighted by Gasteiger charge is 2.38. The SMILES string of the molecule is O=P(c1ccccc1)(c1ccccc1)c1cc(P(=O)(c2ccccc2)c2ccccc2)c2ccc3cc(N(c4ccccc4)c4ccccc4)cc4ccc1c2c43. The minimum absolute atomic E-state index is 0.683. The van der Waals surface area contributed by atoms with Crippen LogP contribution in [0.3, 0.4) is 0 Å². The minimum atomic E-state index is -3.55. The van der Waals surface area contributed by atoms with Gasteiger partial charge in [0.15, 0.2) is 14.3 Å². The van der Waals surface area contributed by atoms with Crippen molar-refractivity contribution >= 4 is 95.5 Å². The lowest BCUT2D eigenvalue weighted by Gasteiger charge is -2.29. The number of hydrogen-bond donors (Lipinski definition) is 0. The van der Waals surface area contributed by atoms with Crippen LogP contribution in [0, 0.1) is 0 Å². The molecule has 0 heterocycles. The highest BCUT2D eigenvalue weighted by atomic mass is 31.2. The monoisotopic (exact) mass is 769 g/mol. The number of anilines is 3. The molecule has 0 aliphatic carbocycles. The quantitative estimate of drug-likeness (QED) is 0.108. The Morgan fingerprint density at radius 1 is 0.298 bits per heavy atom. The summed E-state index contributed by atoms with van der Waals surface area (Å²) >= 11 is 0. The summed E-state index contributed by atoms with van der Waals surface area (Å²) in [6, 6.07) is 75.1. The third-order valence-electron chi connectivity index (χ3n) is 11.1. The maximum absolute atomic E-state index is 16.5. The second-order valence-electron chi connectivity index (χ2n) is 14.4. The van der Waals surface area contributed by atoms with Crippen LogP contribution in [0.2, 0.25) is 0 Å². The van der Waals surface area contributed by atoms with Crippen LogP contribution in [0.25, 0.3) is 32.3 Å². The number of benzene rings is 10. The van der Waals surface area contributed by atoms with Gasteiger partial charge in [-0.3, -0.25) is 0 Å². The fourth-order valence-corrected chi connectivity index (χ4v) is 14.4. The van der Waals surface area contributed by atoms with Crippen molar-refractivity contribution in [1.82, 2.24) is 0 Å². The van der Waals surface area contributed by atoms with Crippen molar-refractivity contribution in [3.05, 3.63) is 224 Å². The maximum atomic E-state index is 16.5. The zero-order valence-electron chi connectivity index (χ0n) is 31.0. The predicted molar refractivity (Wildman–Crippen MR) is 244 cm³/mol. The molecule has 10 aromatic rings. The Balaban J connectivity index is 1.35. The van der Waals surface area contributed by atoms with Gasteiger partial charge in [-0.15, -0.1) is 0 Å². The smallest absolute Gasteiger partial charge is 0.171 e. The summed E-state index contributed by atoms with van der Waals surface area (Å²) < 4.78 is 33.0. The van der Waals surface area contributed by atoms with Gasteiger partial charge in [0.2, 0.25) is 0 Å². The van der Waals surface area contributed by atoms with Gasteiger partial charge in [0.05, 0.1) is 0 Å². The molecule has 0 saturated heterocycles. The van der Waals surface area contributed by atoms with E-state index in [1.54, 1.807) is 0 Å². The lowest BCUT2D eigenvalue weighted by Crippen LogP contribution is -2.31. The lowest BCUT2D eigenvalue weighted by atomic mass is 9.93. The van der Waals surface area contributed by atoms with Crippen molar-refractivity contribution in [2.45, 2.75) is 0 Å². The van der Waals surface area contributed by atoms with E-state index in [2.05, 4.69) is 89.8 Å². The highest BCUT2D eigenvalue weighted by Crippen LogP contribution is 2.51. The summed E-state index contributed by atoms with van der Waals surface area (Å²) in [7, 11) is -7.10. The molecule has 10 rings (SSSR count). The molecular weight excluding hydrogens is 733 g/mol. The Morgan fingerprint density at radius 2 is 0.614 bits per heavy atom. The topological polar surface area (TPSA) is 37.4 Å². The average Bonchev–Trinajstić information content (AvgIpc) is 3.29. The molecule has 0 saturated carbocycles. The summed E-state index contributed by atoms with van der Waals surface area (Å²) in [6.07, 6.45) is 0. The molecular formula is C52H37NO2P2. The molecule has 0 aromatic heterocycles. The van der Waals surface area contributed by atoms with Crippen molar-refractivity contribution < 1.29 is 9.13 Å². The van der Waals surface area contributed by atoms with E-state index in [-0.39, 0.29) is 0 Å². The zero-order chi connectivity index (χ0) is 38.4. The van der Waals surface area contributed by atoms with Crippen molar-refractivity contribution in [2.24, 2.45) is 0 Å². The van der Waals surface area contributed by atoms with Gasteiger partial charge in [0, 0.05) is 48.9 Å². The van der Waals surface area contributed by atoms with E-state index in [0.29, 0.717) is 10.6 Å². The molecule has 0 amide bonds. The van der Waals surface area contributed by atoms with Gasteiger partial charge in [-0.05, 0) is 74.8 Å². The van der Waals surface area contributed by atoms with Crippen molar-refractivity contribution in [2.75, 3.05) is 4.90 Å². The first-order valence-electron chi connectivity index (χ1n) is 19.1. The normalized spacial score (nSPS) is 12.0. The lowest BCUT2D eigenvalue weighted by molar-refractivity contribution is 0.592. The third kappa shape index (κ3) is 5.74. The summed E-state index contributed by atoms with van der Waals surface area (Å²) in [6.45, 7) is 0. The minimum Gasteiger partial charge on any atom is -0.310 e. The number of rotatable bonds is 9. The summed E-state index contributed by atoms with van der Waals surface area (Å²) in [5, 5.41) is 10.2. The van der Waals surface area contributed by atoms with Gasteiger partial charge < -0.3 is 14.0 Å². The molecule has 10 aromatic carbocycles. The van der Waals surface area contributed by atoms with Crippen LogP contribution in [0.1, 0.15) is 0 Å². The van der Waals surface area contributed by atoms with Crippen LogP contribution < -0.4 is 36.7 Å². The molecule has 272 valence electrons. The first-order valence-corrected chi connectivity index (χ1v) is 22.6. The van der Waals surface area contributed by atoms with Crippen LogP contribution in [-0.4, -0.2) is 0 Å². The average molecular weight is 770 g/mol. The van der Waals surface area contributed by atoms with Gasteiger partial charge in [-0.25, -0.2) is 0 Å². The van der Waals surface area contributed by atoms with E-state index in [0.717, 1.165) is 70.6 Å². The number of nitrogens with zero attached hydrogens (tertiary/aromatic N) is 1. The Labute approximate surface area is 332 Å². The molecule has 0 N–H and O–H groups in total. The van der Waals surface area contributed by atoms with E-state index in [1.165, 1.54) is 0 Å². The fraction of sp³-hybridized carbons (Fsp3) is 0. The van der Waals surface area contributed by atoms with Crippen LogP contribution in [-0.2, 0) is 9.13 Å². The molecule has 0 radical (unpaired) electrons. The molecule has 0 spiro atoms. The molecule has 0 aliphatic heterocycles. The molecule has 3 nitrogen and oxygen atoms in total. The Morgan fingerprint density at radius 3 is 0.947 bits per heavy atom. The van der Waals surface area contributed by atoms with Crippen LogP contribution in [0.5, 0.6) is 0 Å². The van der Waals surface area contributed by atoms with E-state index in [4.69, 9.17) is 0 Å². The first kappa shape index (κ1) is 35.0. The van der Waals surface area contributed by atoms with Gasteiger partial charge >= 0.3 is 0 Å².